The Balaban J connectivity index is 0.00000125. The SMILES string of the molecule is C=O.C=O.CC(=O)N1CCC(C)(CN2CCC3(c4ccc(F)cc4)c4ccc(OCc5c(F)cccc5C(F)(F)F)cc4CC[C@@H]23)CC1. The van der Waals surface area contributed by atoms with Crippen molar-refractivity contribution in [3.05, 3.63) is 100 Å². The molecular weight excluding hydrogens is 631 g/mol. The van der Waals surface area contributed by atoms with Crippen molar-refractivity contribution in [3.8, 4) is 5.75 Å². The van der Waals surface area contributed by atoms with Gasteiger partial charge in [-0.2, -0.15) is 13.2 Å². The van der Waals surface area contributed by atoms with E-state index in [1.54, 1.807) is 13.0 Å². The molecule has 2 aliphatic heterocycles. The molecule has 48 heavy (non-hydrogen) atoms. The molecule has 2 saturated heterocycles. The average Bonchev–Trinajstić information content (AvgIpc) is 3.44. The zero-order valence-corrected chi connectivity index (χ0v) is 27.3. The van der Waals surface area contributed by atoms with Gasteiger partial charge in [-0.25, -0.2) is 8.78 Å². The van der Waals surface area contributed by atoms with Crippen molar-refractivity contribution >= 4 is 19.5 Å². The maximum Gasteiger partial charge on any atom is 0.416 e. The van der Waals surface area contributed by atoms with Gasteiger partial charge in [0.2, 0.25) is 5.91 Å². The summed E-state index contributed by atoms with van der Waals surface area (Å²) in [6.45, 7) is 10.7. The molecule has 258 valence electrons. The molecule has 3 aromatic rings. The van der Waals surface area contributed by atoms with Crippen LogP contribution in [-0.4, -0.2) is 61.5 Å². The van der Waals surface area contributed by atoms with Crippen LogP contribution in [0.25, 0.3) is 0 Å². The quantitative estimate of drug-likeness (QED) is 0.261. The third-order valence-corrected chi connectivity index (χ3v) is 10.2. The highest BCUT2D eigenvalue weighted by Gasteiger charge is 2.53. The summed E-state index contributed by atoms with van der Waals surface area (Å²) in [6.07, 6.45) is -0.364. The Bertz CT molecular complexity index is 1570. The Kier molecular flexibility index (Phi) is 11.4. The molecule has 2 atom stereocenters. The molecule has 3 aromatic carbocycles. The molecule has 3 aliphatic rings. The van der Waals surface area contributed by atoms with E-state index in [1.165, 1.54) is 12.1 Å². The van der Waals surface area contributed by atoms with Crippen molar-refractivity contribution in [2.45, 2.75) is 70.2 Å². The van der Waals surface area contributed by atoms with E-state index in [4.69, 9.17) is 14.3 Å². The van der Waals surface area contributed by atoms with Gasteiger partial charge in [-0.15, -0.1) is 0 Å². The molecule has 1 aliphatic carbocycles. The number of piperidine rings is 1. The number of carbonyl (C=O) groups excluding carboxylic acids is 3. The minimum Gasteiger partial charge on any atom is -0.489 e. The van der Waals surface area contributed by atoms with Gasteiger partial charge < -0.3 is 19.2 Å². The van der Waals surface area contributed by atoms with E-state index in [2.05, 4.69) is 11.8 Å². The van der Waals surface area contributed by atoms with Gasteiger partial charge in [0, 0.05) is 43.6 Å². The molecule has 2 heterocycles. The zero-order valence-electron chi connectivity index (χ0n) is 27.3. The summed E-state index contributed by atoms with van der Waals surface area (Å²) in [5.41, 5.74) is 1.33. The Morgan fingerprint density at radius 3 is 2.23 bits per heavy atom. The number of hydrogen-bond donors (Lipinski definition) is 0. The van der Waals surface area contributed by atoms with Crippen molar-refractivity contribution in [3.63, 3.8) is 0 Å². The smallest absolute Gasteiger partial charge is 0.416 e. The van der Waals surface area contributed by atoms with E-state index in [9.17, 15) is 26.7 Å². The maximum atomic E-state index is 14.4. The van der Waals surface area contributed by atoms with E-state index in [0.29, 0.717) is 5.75 Å². The van der Waals surface area contributed by atoms with Gasteiger partial charge in [-0.05, 0) is 97.2 Å². The number of halogens is 5. The van der Waals surface area contributed by atoms with Gasteiger partial charge in [0.15, 0.2) is 0 Å². The van der Waals surface area contributed by atoms with Crippen LogP contribution in [0.5, 0.6) is 5.75 Å². The third-order valence-electron chi connectivity index (χ3n) is 10.2. The van der Waals surface area contributed by atoms with Gasteiger partial charge in [0.25, 0.3) is 0 Å². The van der Waals surface area contributed by atoms with Gasteiger partial charge in [-0.3, -0.25) is 9.69 Å². The van der Waals surface area contributed by atoms with Crippen LogP contribution in [0.15, 0.2) is 60.7 Å². The van der Waals surface area contributed by atoms with Crippen molar-refractivity contribution in [1.82, 2.24) is 9.80 Å². The number of fused-ring (bicyclic) bond motifs is 3. The number of ether oxygens (including phenoxy) is 1. The second-order valence-corrected chi connectivity index (χ2v) is 12.9. The fourth-order valence-electron chi connectivity index (χ4n) is 7.86. The fraction of sp³-hybridized carbons (Fsp3) is 0.432. The summed E-state index contributed by atoms with van der Waals surface area (Å²) >= 11 is 0. The minimum absolute atomic E-state index is 0.0742. The molecule has 11 heteroatoms. The molecule has 0 bridgehead atoms. The molecular formula is C37H41F5N2O4. The molecule has 1 amide bonds. The first-order valence-electron chi connectivity index (χ1n) is 15.8. The lowest BCUT2D eigenvalue weighted by Crippen LogP contribution is -2.51. The number of rotatable bonds is 6. The molecule has 2 fully saturated rings. The number of alkyl halides is 3. The van der Waals surface area contributed by atoms with Gasteiger partial charge in [0.1, 0.15) is 37.6 Å². The van der Waals surface area contributed by atoms with Crippen LogP contribution in [0.1, 0.15) is 67.3 Å². The number of aryl methyl sites for hydroxylation is 1. The first-order valence-corrected chi connectivity index (χ1v) is 15.8. The lowest BCUT2D eigenvalue weighted by atomic mass is 9.63. The number of carbonyl (C=O) groups is 3. The average molecular weight is 673 g/mol. The lowest BCUT2D eigenvalue weighted by molar-refractivity contribution is -0.138. The molecule has 6 nitrogen and oxygen atoms in total. The van der Waals surface area contributed by atoms with Crippen molar-refractivity contribution < 1.29 is 41.1 Å². The maximum absolute atomic E-state index is 14.4. The first kappa shape index (κ1) is 36.7. The Labute approximate surface area is 277 Å². The monoisotopic (exact) mass is 672 g/mol. The second-order valence-electron chi connectivity index (χ2n) is 12.9. The number of nitrogens with zero attached hydrogens (tertiary/aromatic N) is 2. The molecule has 0 saturated carbocycles. The predicted molar refractivity (Wildman–Crippen MR) is 171 cm³/mol. The highest BCUT2D eigenvalue weighted by Crippen LogP contribution is 2.52. The fourth-order valence-corrected chi connectivity index (χ4v) is 7.86. The lowest BCUT2D eigenvalue weighted by Gasteiger charge is -2.47. The standard InChI is InChI=1S/C35H37F5N2O2.2CH2O/c1-23(43)41-17-14-33(2,15-18-41)22-42-19-16-34(25-7-9-26(36)10-8-25)29-12-11-27(20-24(29)6-13-32(34)42)44-21-28-30(35(38,39)40)4-3-5-31(28)37;2*1-2/h3-5,7-12,20,32H,6,13-19,21-22H2,1-2H3;2*1H2/t32-,34?;;/m1../s1. The first-order chi connectivity index (χ1) is 22.9. The number of amides is 1. The van der Waals surface area contributed by atoms with Crippen LogP contribution in [0.2, 0.25) is 0 Å². The van der Waals surface area contributed by atoms with Crippen molar-refractivity contribution in [2.75, 3.05) is 26.2 Å². The van der Waals surface area contributed by atoms with E-state index in [0.717, 1.165) is 93.2 Å². The zero-order chi connectivity index (χ0) is 35.3. The summed E-state index contributed by atoms with van der Waals surface area (Å²) in [5.74, 6) is -0.757. The number of benzene rings is 3. The number of likely N-dealkylation sites (tertiary alicyclic amines) is 2. The van der Waals surface area contributed by atoms with Gasteiger partial charge in [-0.1, -0.05) is 31.2 Å². The Morgan fingerprint density at radius 1 is 0.938 bits per heavy atom. The summed E-state index contributed by atoms with van der Waals surface area (Å²) in [6, 6.07) is 15.4. The van der Waals surface area contributed by atoms with Crippen LogP contribution < -0.4 is 4.74 Å². The molecule has 0 spiro atoms. The van der Waals surface area contributed by atoms with E-state index in [-0.39, 0.29) is 28.6 Å². The normalized spacial score (nSPS) is 21.5. The largest absolute Gasteiger partial charge is 0.489 e. The van der Waals surface area contributed by atoms with E-state index >= 15 is 0 Å². The summed E-state index contributed by atoms with van der Waals surface area (Å²) in [7, 11) is 0. The van der Waals surface area contributed by atoms with Crippen molar-refractivity contribution in [2.24, 2.45) is 5.41 Å². The predicted octanol–water partition coefficient (Wildman–Crippen LogP) is 7.15. The van der Waals surface area contributed by atoms with Crippen LogP contribution in [-0.2, 0) is 39.0 Å². The summed E-state index contributed by atoms with van der Waals surface area (Å²) in [4.78, 5) is 32.4. The molecule has 1 unspecified atom stereocenters. The van der Waals surface area contributed by atoms with Crippen LogP contribution in [0, 0.1) is 17.0 Å². The summed E-state index contributed by atoms with van der Waals surface area (Å²) in [5, 5.41) is 0. The Morgan fingerprint density at radius 2 is 1.60 bits per heavy atom. The van der Waals surface area contributed by atoms with Crippen LogP contribution in [0.3, 0.4) is 0 Å². The molecule has 6 rings (SSSR count). The van der Waals surface area contributed by atoms with Gasteiger partial charge in [0.05, 0.1) is 5.56 Å². The minimum atomic E-state index is -4.69. The van der Waals surface area contributed by atoms with Crippen molar-refractivity contribution in [1.29, 1.82) is 0 Å². The van der Waals surface area contributed by atoms with Crippen LogP contribution in [0.4, 0.5) is 22.0 Å². The second kappa shape index (κ2) is 15.0. The van der Waals surface area contributed by atoms with Gasteiger partial charge >= 0.3 is 6.18 Å². The van der Waals surface area contributed by atoms with Crippen LogP contribution >= 0.6 is 0 Å². The molecule has 0 radical (unpaired) electrons. The Hall–Kier alpha value is -4.12. The highest BCUT2D eigenvalue weighted by molar-refractivity contribution is 5.73. The van der Waals surface area contributed by atoms with E-state index in [1.807, 2.05) is 42.7 Å². The summed E-state index contributed by atoms with van der Waals surface area (Å²) < 4.78 is 74.8. The number of hydrogen-bond acceptors (Lipinski definition) is 5. The molecule has 0 N–H and O–H groups in total. The molecule has 0 aromatic heterocycles. The highest BCUT2D eigenvalue weighted by atomic mass is 19.4. The van der Waals surface area contributed by atoms with E-state index < -0.39 is 29.7 Å². The topological polar surface area (TPSA) is 66.9 Å². The third kappa shape index (κ3) is 7.31.